The number of carbonyl (C=O) groups excluding carboxylic acids is 1. The van der Waals surface area contributed by atoms with Gasteiger partial charge in [0.2, 0.25) is 12.7 Å². The van der Waals surface area contributed by atoms with Gasteiger partial charge in [-0.25, -0.2) is 0 Å². The molecule has 1 saturated heterocycles. The molecule has 1 unspecified atom stereocenters. The lowest BCUT2D eigenvalue weighted by atomic mass is 10.0. The molecule has 0 bridgehead atoms. The first kappa shape index (κ1) is 20.7. The standard InChI is InChI=1S/C20H22ClN3O3.ClH/c21-16-3-1-2-15(9-16)17-11-22-6-7-24(17)12-20(25)23-10-14-4-5-18-19(8-14)27-13-26-18;/h1-5,8-9,17,22H,6-7,10-13H2,(H,23,25);1H. The van der Waals surface area contributed by atoms with Gasteiger partial charge in [-0.2, -0.15) is 0 Å². The van der Waals surface area contributed by atoms with Crippen LogP contribution in [0.5, 0.6) is 11.5 Å². The second-order valence-corrected chi connectivity index (χ2v) is 7.15. The van der Waals surface area contributed by atoms with Crippen LogP contribution in [0.25, 0.3) is 0 Å². The molecular formula is C20H23Cl2N3O3. The number of nitrogens with one attached hydrogen (secondary N) is 2. The van der Waals surface area contributed by atoms with Crippen molar-refractivity contribution >= 4 is 29.9 Å². The van der Waals surface area contributed by atoms with Gasteiger partial charge in [0.05, 0.1) is 6.54 Å². The van der Waals surface area contributed by atoms with Crippen molar-refractivity contribution in [1.29, 1.82) is 0 Å². The van der Waals surface area contributed by atoms with Crippen LogP contribution in [0.3, 0.4) is 0 Å². The third-order valence-corrected chi connectivity index (χ3v) is 5.10. The number of piperazine rings is 1. The minimum atomic E-state index is 0. The highest BCUT2D eigenvalue weighted by molar-refractivity contribution is 6.30. The molecule has 8 heteroatoms. The van der Waals surface area contributed by atoms with Gasteiger partial charge in [-0.1, -0.05) is 29.8 Å². The van der Waals surface area contributed by atoms with E-state index in [1.807, 2.05) is 36.4 Å². The lowest BCUT2D eigenvalue weighted by molar-refractivity contribution is -0.123. The molecule has 0 aromatic heterocycles. The number of rotatable bonds is 5. The average molecular weight is 424 g/mol. The number of hydrogen-bond acceptors (Lipinski definition) is 5. The van der Waals surface area contributed by atoms with E-state index in [0.29, 0.717) is 18.1 Å². The van der Waals surface area contributed by atoms with Gasteiger partial charge >= 0.3 is 0 Å². The van der Waals surface area contributed by atoms with Gasteiger partial charge in [-0.15, -0.1) is 12.4 Å². The predicted octanol–water partition coefficient (Wildman–Crippen LogP) is 2.75. The molecular weight excluding hydrogens is 401 g/mol. The molecule has 0 aliphatic carbocycles. The molecule has 4 rings (SSSR count). The van der Waals surface area contributed by atoms with E-state index < -0.39 is 0 Å². The molecule has 28 heavy (non-hydrogen) atoms. The number of amides is 1. The fourth-order valence-corrected chi connectivity index (χ4v) is 3.67. The number of halogens is 2. The Hall–Kier alpha value is -1.99. The zero-order valence-electron chi connectivity index (χ0n) is 15.3. The maximum Gasteiger partial charge on any atom is 0.234 e. The van der Waals surface area contributed by atoms with Crippen molar-refractivity contribution in [2.45, 2.75) is 12.6 Å². The summed E-state index contributed by atoms with van der Waals surface area (Å²) in [6.07, 6.45) is 0. The van der Waals surface area contributed by atoms with Crippen LogP contribution < -0.4 is 20.1 Å². The average Bonchev–Trinajstić information content (AvgIpc) is 3.15. The van der Waals surface area contributed by atoms with Crippen LogP contribution in [0.15, 0.2) is 42.5 Å². The zero-order valence-corrected chi connectivity index (χ0v) is 16.9. The Morgan fingerprint density at radius 2 is 2.07 bits per heavy atom. The van der Waals surface area contributed by atoms with Gasteiger partial charge in [-0.05, 0) is 35.4 Å². The van der Waals surface area contributed by atoms with Crippen molar-refractivity contribution in [2.24, 2.45) is 0 Å². The lowest BCUT2D eigenvalue weighted by Crippen LogP contribution is -2.49. The van der Waals surface area contributed by atoms with E-state index in [2.05, 4.69) is 21.6 Å². The van der Waals surface area contributed by atoms with E-state index in [-0.39, 0.29) is 31.1 Å². The smallest absolute Gasteiger partial charge is 0.234 e. The lowest BCUT2D eigenvalue weighted by Gasteiger charge is -2.36. The fraction of sp³-hybridized carbons (Fsp3) is 0.350. The van der Waals surface area contributed by atoms with Gasteiger partial charge in [0.15, 0.2) is 11.5 Å². The Kier molecular flexibility index (Phi) is 7.02. The third-order valence-electron chi connectivity index (χ3n) is 4.86. The second kappa shape index (κ2) is 9.47. The summed E-state index contributed by atoms with van der Waals surface area (Å²) < 4.78 is 10.7. The summed E-state index contributed by atoms with van der Waals surface area (Å²) in [6, 6.07) is 13.7. The quantitative estimate of drug-likeness (QED) is 0.773. The number of ether oxygens (including phenoxy) is 2. The van der Waals surface area contributed by atoms with Crippen LogP contribution >= 0.6 is 24.0 Å². The zero-order chi connectivity index (χ0) is 18.6. The van der Waals surface area contributed by atoms with E-state index in [4.69, 9.17) is 21.1 Å². The summed E-state index contributed by atoms with van der Waals surface area (Å²) in [7, 11) is 0. The van der Waals surface area contributed by atoms with Crippen LogP contribution in [0.1, 0.15) is 17.2 Å². The molecule has 2 aliphatic heterocycles. The molecule has 2 aliphatic rings. The molecule has 0 spiro atoms. The van der Waals surface area contributed by atoms with E-state index in [0.717, 1.165) is 42.3 Å². The summed E-state index contributed by atoms with van der Waals surface area (Å²) in [4.78, 5) is 14.7. The highest BCUT2D eigenvalue weighted by Crippen LogP contribution is 2.32. The van der Waals surface area contributed by atoms with Gasteiger partial charge < -0.3 is 20.1 Å². The van der Waals surface area contributed by atoms with Crippen molar-refractivity contribution in [3.63, 3.8) is 0 Å². The van der Waals surface area contributed by atoms with Gasteiger partial charge in [0, 0.05) is 37.2 Å². The SMILES string of the molecule is Cl.O=C(CN1CCNCC1c1cccc(Cl)c1)NCc1ccc2c(c1)OCO2. The predicted molar refractivity (Wildman–Crippen MR) is 110 cm³/mol. The largest absolute Gasteiger partial charge is 0.454 e. The molecule has 6 nitrogen and oxygen atoms in total. The first-order valence-corrected chi connectivity index (χ1v) is 9.42. The summed E-state index contributed by atoms with van der Waals surface area (Å²) in [5, 5.41) is 7.11. The molecule has 0 saturated carbocycles. The number of nitrogens with zero attached hydrogens (tertiary/aromatic N) is 1. The van der Waals surface area contributed by atoms with Gasteiger partial charge in [0.1, 0.15) is 0 Å². The van der Waals surface area contributed by atoms with Gasteiger partial charge in [-0.3, -0.25) is 9.69 Å². The molecule has 1 amide bonds. The summed E-state index contributed by atoms with van der Waals surface area (Å²) in [5.41, 5.74) is 2.11. The number of hydrogen-bond donors (Lipinski definition) is 2. The minimum Gasteiger partial charge on any atom is -0.454 e. The number of benzene rings is 2. The topological polar surface area (TPSA) is 62.8 Å². The molecule has 1 fully saturated rings. The summed E-state index contributed by atoms with van der Waals surface area (Å²) >= 11 is 6.14. The number of fused-ring (bicyclic) bond motifs is 1. The molecule has 2 heterocycles. The first-order chi connectivity index (χ1) is 13.2. The van der Waals surface area contributed by atoms with Crippen LogP contribution in [-0.2, 0) is 11.3 Å². The highest BCUT2D eigenvalue weighted by Gasteiger charge is 2.25. The van der Waals surface area contributed by atoms with Crippen molar-refractivity contribution in [3.05, 3.63) is 58.6 Å². The third kappa shape index (κ3) is 4.89. The Morgan fingerprint density at radius 3 is 2.93 bits per heavy atom. The van der Waals surface area contributed by atoms with E-state index in [1.165, 1.54) is 0 Å². The van der Waals surface area contributed by atoms with Crippen LogP contribution in [-0.4, -0.2) is 43.8 Å². The molecule has 2 aromatic rings. The molecule has 0 radical (unpaired) electrons. The first-order valence-electron chi connectivity index (χ1n) is 9.04. The molecule has 150 valence electrons. The highest BCUT2D eigenvalue weighted by atomic mass is 35.5. The van der Waals surface area contributed by atoms with Crippen molar-refractivity contribution in [3.8, 4) is 11.5 Å². The molecule has 2 aromatic carbocycles. The Balaban J connectivity index is 0.00000225. The summed E-state index contributed by atoms with van der Waals surface area (Å²) in [5.74, 6) is 1.47. The van der Waals surface area contributed by atoms with Gasteiger partial charge in [0.25, 0.3) is 0 Å². The van der Waals surface area contributed by atoms with Crippen LogP contribution in [0.4, 0.5) is 0 Å². The number of carbonyl (C=O) groups is 1. The Labute approximate surface area is 175 Å². The normalized spacial score (nSPS) is 18.4. The van der Waals surface area contributed by atoms with E-state index in [9.17, 15) is 4.79 Å². The molecule has 2 N–H and O–H groups in total. The van der Waals surface area contributed by atoms with Crippen molar-refractivity contribution < 1.29 is 14.3 Å². The maximum atomic E-state index is 12.5. The Bertz CT molecular complexity index is 834. The van der Waals surface area contributed by atoms with Crippen LogP contribution in [0, 0.1) is 0 Å². The van der Waals surface area contributed by atoms with Crippen molar-refractivity contribution in [2.75, 3.05) is 33.0 Å². The van der Waals surface area contributed by atoms with Crippen molar-refractivity contribution in [1.82, 2.24) is 15.5 Å². The molecule has 1 atom stereocenters. The van der Waals surface area contributed by atoms with E-state index in [1.54, 1.807) is 0 Å². The van der Waals surface area contributed by atoms with Crippen LogP contribution in [0.2, 0.25) is 5.02 Å². The second-order valence-electron chi connectivity index (χ2n) is 6.71. The van der Waals surface area contributed by atoms with E-state index >= 15 is 0 Å². The maximum absolute atomic E-state index is 12.5. The minimum absolute atomic E-state index is 0. The monoisotopic (exact) mass is 423 g/mol. The summed E-state index contributed by atoms with van der Waals surface area (Å²) in [6.45, 7) is 3.54. The Morgan fingerprint density at radius 1 is 1.21 bits per heavy atom. The fourth-order valence-electron chi connectivity index (χ4n) is 3.47.